The highest BCUT2D eigenvalue weighted by Crippen LogP contribution is 2.28. The van der Waals surface area contributed by atoms with Crippen molar-refractivity contribution in [3.8, 4) is 11.5 Å². The van der Waals surface area contributed by atoms with E-state index >= 15 is 0 Å². The number of likely N-dealkylation sites (N-methyl/N-ethyl adjacent to an activating group) is 1. The van der Waals surface area contributed by atoms with Gasteiger partial charge in [-0.2, -0.15) is 4.31 Å². The number of nitrogen functional groups attached to an aromatic ring is 1. The molecule has 0 aliphatic carbocycles. The van der Waals surface area contributed by atoms with Gasteiger partial charge in [0.2, 0.25) is 10.0 Å². The Labute approximate surface area is 279 Å². The van der Waals surface area contributed by atoms with Crippen LogP contribution in [-0.2, 0) is 32.6 Å². The molecule has 258 valence electrons. The van der Waals surface area contributed by atoms with E-state index < -0.39 is 15.8 Å². The number of anilines is 1. The molecular weight excluding hydrogens is 621 g/mol. The highest BCUT2D eigenvalue weighted by Gasteiger charge is 2.30. The van der Waals surface area contributed by atoms with E-state index in [-0.39, 0.29) is 35.6 Å². The molecule has 0 radical (unpaired) electrons. The van der Waals surface area contributed by atoms with Crippen molar-refractivity contribution < 1.29 is 31.8 Å². The minimum absolute atomic E-state index is 0.000671. The van der Waals surface area contributed by atoms with Crippen molar-refractivity contribution in [2.45, 2.75) is 76.3 Å². The molecule has 4 unspecified atom stereocenters. The Balaban J connectivity index is 1.56. The van der Waals surface area contributed by atoms with Gasteiger partial charge in [-0.3, -0.25) is 4.90 Å². The van der Waals surface area contributed by atoms with Gasteiger partial charge >= 0.3 is 0 Å². The number of halogens is 1. The van der Waals surface area contributed by atoms with Gasteiger partial charge in [-0.25, -0.2) is 12.8 Å². The third kappa shape index (κ3) is 10.6. The molecule has 0 fully saturated rings. The van der Waals surface area contributed by atoms with Crippen LogP contribution in [0.3, 0.4) is 0 Å². The summed E-state index contributed by atoms with van der Waals surface area (Å²) in [6.45, 7) is 9.02. The van der Waals surface area contributed by atoms with Gasteiger partial charge in [0.05, 0.1) is 37.4 Å². The van der Waals surface area contributed by atoms with Gasteiger partial charge in [0.15, 0.2) is 0 Å². The second-order valence-corrected chi connectivity index (χ2v) is 14.6. The molecule has 3 aromatic rings. The van der Waals surface area contributed by atoms with Crippen molar-refractivity contribution in [3.63, 3.8) is 0 Å². The van der Waals surface area contributed by atoms with Gasteiger partial charge in [0.1, 0.15) is 17.3 Å². The summed E-state index contributed by atoms with van der Waals surface area (Å²) in [4.78, 5) is 2.36. The summed E-state index contributed by atoms with van der Waals surface area (Å²) >= 11 is 0. The fourth-order valence-electron chi connectivity index (χ4n) is 5.70. The van der Waals surface area contributed by atoms with Crippen molar-refractivity contribution in [1.82, 2.24) is 9.21 Å². The number of fused-ring (bicyclic) bond motifs is 1. The molecule has 0 saturated heterocycles. The first-order valence-corrected chi connectivity index (χ1v) is 17.7. The molecule has 0 aromatic heterocycles. The van der Waals surface area contributed by atoms with Crippen LogP contribution in [0.25, 0.3) is 0 Å². The van der Waals surface area contributed by atoms with E-state index in [1.165, 1.54) is 16.4 Å². The third-order valence-corrected chi connectivity index (χ3v) is 10.5. The maximum atomic E-state index is 13.5. The zero-order valence-electron chi connectivity index (χ0n) is 28.2. The van der Waals surface area contributed by atoms with Crippen molar-refractivity contribution in [2.75, 3.05) is 46.2 Å². The highest BCUT2D eigenvalue weighted by molar-refractivity contribution is 7.89. The van der Waals surface area contributed by atoms with Crippen molar-refractivity contribution in [3.05, 3.63) is 83.7 Å². The maximum Gasteiger partial charge on any atom is 0.242 e. The van der Waals surface area contributed by atoms with Crippen LogP contribution in [0.4, 0.5) is 10.1 Å². The molecule has 0 bridgehead atoms. The van der Waals surface area contributed by atoms with Gasteiger partial charge < -0.3 is 24.7 Å². The van der Waals surface area contributed by atoms with Crippen LogP contribution in [0, 0.1) is 11.7 Å². The number of ether oxygens (including phenoxy) is 4. The number of nitrogens with zero attached hydrogens (tertiary/aromatic N) is 2. The topological polar surface area (TPSA) is 104 Å². The van der Waals surface area contributed by atoms with Crippen LogP contribution < -0.4 is 15.2 Å². The first-order valence-electron chi connectivity index (χ1n) is 16.3. The molecule has 0 amide bonds. The van der Waals surface area contributed by atoms with E-state index in [2.05, 4.69) is 25.7 Å². The zero-order valence-corrected chi connectivity index (χ0v) is 29.0. The largest absolute Gasteiger partial charge is 0.497 e. The van der Waals surface area contributed by atoms with E-state index in [9.17, 15) is 12.8 Å². The SMILES string of the molecule is COc1ccc(COCC(C)N2Cc3cc(N)ccc3OC(C)CCCCOC(CN(C)S(=O)(=O)c3ccc(F)cc3)C(C)C2)cc1. The summed E-state index contributed by atoms with van der Waals surface area (Å²) in [6, 6.07) is 18.5. The monoisotopic (exact) mass is 671 g/mol. The summed E-state index contributed by atoms with van der Waals surface area (Å²) in [5, 5.41) is 0. The van der Waals surface area contributed by atoms with Gasteiger partial charge in [-0.05, 0) is 99.2 Å². The van der Waals surface area contributed by atoms with E-state index in [1.54, 1.807) is 14.2 Å². The predicted octanol–water partition coefficient (Wildman–Crippen LogP) is 6.12. The Morgan fingerprint density at radius 3 is 2.49 bits per heavy atom. The Kier molecular flexibility index (Phi) is 13.4. The molecule has 11 heteroatoms. The van der Waals surface area contributed by atoms with Crippen LogP contribution in [0.2, 0.25) is 0 Å². The number of sulfonamides is 1. The molecule has 1 aliphatic rings. The predicted molar refractivity (Wildman–Crippen MR) is 182 cm³/mol. The zero-order chi connectivity index (χ0) is 34.0. The normalized spacial score (nSPS) is 21.0. The van der Waals surface area contributed by atoms with Crippen molar-refractivity contribution in [1.29, 1.82) is 0 Å². The van der Waals surface area contributed by atoms with Crippen LogP contribution >= 0.6 is 0 Å². The number of rotatable bonds is 10. The minimum Gasteiger partial charge on any atom is -0.497 e. The average Bonchev–Trinajstić information content (AvgIpc) is 3.04. The summed E-state index contributed by atoms with van der Waals surface area (Å²) in [6.07, 6.45) is 2.19. The van der Waals surface area contributed by atoms with Gasteiger partial charge in [0, 0.05) is 50.6 Å². The Hall–Kier alpha value is -3.22. The van der Waals surface area contributed by atoms with Gasteiger partial charge in [0.25, 0.3) is 0 Å². The molecule has 2 N–H and O–H groups in total. The second kappa shape index (κ2) is 17.3. The number of hydrogen-bond acceptors (Lipinski definition) is 8. The van der Waals surface area contributed by atoms with E-state index in [4.69, 9.17) is 24.7 Å². The molecule has 0 saturated carbocycles. The standard InChI is InChI=1S/C36H50FN3O6S/c1-26-21-40(27(2)24-44-25-29-9-14-33(43-5)15-10-29)22-30-20-32(38)13-18-35(30)46-28(3)8-6-7-19-45-36(26)23-39(4)47(41,42)34-16-11-31(37)12-17-34/h9-18,20,26-28,36H,6-8,19,21-25,38H2,1-5H3. The van der Waals surface area contributed by atoms with E-state index in [0.29, 0.717) is 38.6 Å². The highest BCUT2D eigenvalue weighted by atomic mass is 32.2. The summed E-state index contributed by atoms with van der Waals surface area (Å²) < 4.78 is 66.0. The molecule has 4 rings (SSSR count). The van der Waals surface area contributed by atoms with Gasteiger partial charge in [-0.1, -0.05) is 19.1 Å². The van der Waals surface area contributed by atoms with E-state index in [1.807, 2.05) is 42.5 Å². The molecule has 47 heavy (non-hydrogen) atoms. The average molecular weight is 672 g/mol. The van der Waals surface area contributed by atoms with Crippen LogP contribution in [0.15, 0.2) is 71.6 Å². The number of hydrogen-bond donors (Lipinski definition) is 1. The summed E-state index contributed by atoms with van der Waals surface area (Å²) in [5.74, 6) is 1.06. The molecule has 4 atom stereocenters. The quantitative estimate of drug-likeness (QED) is 0.258. The summed E-state index contributed by atoms with van der Waals surface area (Å²) in [5.41, 5.74) is 8.94. The fraction of sp³-hybridized carbons (Fsp3) is 0.500. The number of nitrogens with two attached hydrogens (primary N) is 1. The van der Waals surface area contributed by atoms with Crippen LogP contribution in [0.1, 0.15) is 51.2 Å². The van der Waals surface area contributed by atoms with Gasteiger partial charge in [-0.15, -0.1) is 0 Å². The van der Waals surface area contributed by atoms with E-state index in [0.717, 1.165) is 54.0 Å². The Morgan fingerprint density at radius 2 is 1.79 bits per heavy atom. The first kappa shape index (κ1) is 36.6. The molecule has 3 aromatic carbocycles. The number of methoxy groups -OCH3 is 1. The summed E-state index contributed by atoms with van der Waals surface area (Å²) in [7, 11) is -0.659. The third-order valence-electron chi connectivity index (χ3n) is 8.65. The van der Waals surface area contributed by atoms with Crippen molar-refractivity contribution in [2.24, 2.45) is 5.92 Å². The lowest BCUT2D eigenvalue weighted by Crippen LogP contribution is -2.45. The Bertz CT molecular complexity index is 1510. The molecule has 1 aliphatic heterocycles. The molecule has 1 heterocycles. The lowest BCUT2D eigenvalue weighted by Gasteiger charge is -2.36. The Morgan fingerprint density at radius 1 is 1.06 bits per heavy atom. The molecular formula is C36H50FN3O6S. The van der Waals surface area contributed by atoms with Crippen molar-refractivity contribution >= 4 is 15.7 Å². The first-order chi connectivity index (χ1) is 22.5. The molecule has 0 spiro atoms. The second-order valence-electron chi connectivity index (χ2n) is 12.6. The number of benzene rings is 3. The van der Waals surface area contributed by atoms with Crippen LogP contribution in [0.5, 0.6) is 11.5 Å². The fourth-order valence-corrected chi connectivity index (χ4v) is 6.88. The lowest BCUT2D eigenvalue weighted by molar-refractivity contribution is -0.0168. The smallest absolute Gasteiger partial charge is 0.242 e. The molecule has 9 nitrogen and oxygen atoms in total. The minimum atomic E-state index is -3.85. The maximum absolute atomic E-state index is 13.5. The van der Waals surface area contributed by atoms with Crippen LogP contribution in [-0.4, -0.2) is 76.3 Å². The lowest BCUT2D eigenvalue weighted by atomic mass is 10.0.